The number of nitrogens with zero attached hydrogens (tertiary/aromatic N) is 3. The van der Waals surface area contributed by atoms with Gasteiger partial charge in [0.25, 0.3) is 0 Å². The van der Waals surface area contributed by atoms with E-state index in [1.807, 2.05) is 34.1 Å². The molecule has 0 radical (unpaired) electrons. The Hall–Kier alpha value is -3.35. The van der Waals surface area contributed by atoms with E-state index in [4.69, 9.17) is 4.74 Å². The summed E-state index contributed by atoms with van der Waals surface area (Å²) in [5.74, 6) is 0.483. The summed E-state index contributed by atoms with van der Waals surface area (Å²) in [6.07, 6.45) is 4.46. The van der Waals surface area contributed by atoms with Crippen LogP contribution in [0.25, 0.3) is 0 Å². The molecule has 2 aromatic carbocycles. The number of hydrogen-bond donors (Lipinski definition) is 0. The molecule has 36 heavy (non-hydrogen) atoms. The van der Waals surface area contributed by atoms with Crippen LogP contribution in [0.15, 0.2) is 48.5 Å². The van der Waals surface area contributed by atoms with E-state index in [2.05, 4.69) is 29.2 Å². The number of ether oxygens (including phenoxy) is 1. The smallest absolute Gasteiger partial charge is 0.339 e. The molecule has 7 nitrogen and oxygen atoms in total. The van der Waals surface area contributed by atoms with Gasteiger partial charge in [0.15, 0.2) is 5.60 Å². The van der Waals surface area contributed by atoms with Crippen molar-refractivity contribution in [3.63, 3.8) is 0 Å². The van der Waals surface area contributed by atoms with Crippen LogP contribution < -0.4 is 4.90 Å². The number of likely N-dealkylation sites (tertiary alicyclic amines) is 1. The van der Waals surface area contributed by atoms with Crippen LogP contribution in [0.5, 0.6) is 0 Å². The van der Waals surface area contributed by atoms with E-state index in [-0.39, 0.29) is 17.8 Å². The predicted molar refractivity (Wildman–Crippen MR) is 134 cm³/mol. The Kier molecular flexibility index (Phi) is 4.76. The van der Waals surface area contributed by atoms with Crippen LogP contribution in [0.2, 0.25) is 0 Å². The van der Waals surface area contributed by atoms with Gasteiger partial charge in [-0.3, -0.25) is 9.59 Å². The maximum atomic E-state index is 13.7. The van der Waals surface area contributed by atoms with E-state index in [0.29, 0.717) is 31.0 Å². The van der Waals surface area contributed by atoms with E-state index >= 15 is 0 Å². The molecule has 186 valence electrons. The number of esters is 1. The van der Waals surface area contributed by atoms with E-state index in [9.17, 15) is 14.4 Å². The Balaban J connectivity index is 1.03. The van der Waals surface area contributed by atoms with Gasteiger partial charge in [0, 0.05) is 56.3 Å². The zero-order chi connectivity index (χ0) is 24.5. The Morgan fingerprint density at radius 3 is 2.25 bits per heavy atom. The summed E-state index contributed by atoms with van der Waals surface area (Å²) in [6, 6.07) is 16.0. The zero-order valence-corrected chi connectivity index (χ0v) is 20.4. The number of fused-ring (bicyclic) bond motifs is 2. The maximum Gasteiger partial charge on any atom is 0.339 e. The molecule has 2 aliphatic carbocycles. The molecule has 7 rings (SSSR count). The molecular weight excluding hydrogens is 454 g/mol. The minimum Gasteiger partial charge on any atom is -0.449 e. The lowest BCUT2D eigenvalue weighted by atomic mass is 9.91. The number of rotatable bonds is 4. The summed E-state index contributed by atoms with van der Waals surface area (Å²) in [5, 5.41) is 0. The highest BCUT2D eigenvalue weighted by Crippen LogP contribution is 2.52. The third-order valence-electron chi connectivity index (χ3n) is 8.91. The largest absolute Gasteiger partial charge is 0.449 e. The summed E-state index contributed by atoms with van der Waals surface area (Å²) >= 11 is 0. The predicted octanol–water partition coefficient (Wildman–Crippen LogP) is 3.08. The second-order valence-corrected chi connectivity index (χ2v) is 11.1. The van der Waals surface area contributed by atoms with Crippen molar-refractivity contribution in [3.05, 3.63) is 65.2 Å². The molecule has 2 saturated heterocycles. The first kappa shape index (κ1) is 21.9. The van der Waals surface area contributed by atoms with E-state index < -0.39 is 11.0 Å². The first-order chi connectivity index (χ1) is 17.5. The molecule has 7 heteroatoms. The molecule has 4 fully saturated rings. The molecule has 2 saturated carbocycles. The van der Waals surface area contributed by atoms with Crippen molar-refractivity contribution in [2.75, 3.05) is 44.2 Å². The van der Waals surface area contributed by atoms with Crippen LogP contribution in [0.4, 0.5) is 5.69 Å². The van der Waals surface area contributed by atoms with Crippen molar-refractivity contribution >= 4 is 23.5 Å². The van der Waals surface area contributed by atoms with Crippen LogP contribution in [-0.4, -0.2) is 66.9 Å². The van der Waals surface area contributed by atoms with Gasteiger partial charge < -0.3 is 19.4 Å². The lowest BCUT2D eigenvalue weighted by molar-refractivity contribution is -0.134. The number of hydrogen-bond acceptors (Lipinski definition) is 5. The highest BCUT2D eigenvalue weighted by molar-refractivity contribution is 5.96. The number of benzene rings is 2. The summed E-state index contributed by atoms with van der Waals surface area (Å²) < 4.78 is 5.86. The highest BCUT2D eigenvalue weighted by Gasteiger charge is 2.57. The summed E-state index contributed by atoms with van der Waals surface area (Å²) in [7, 11) is 0. The molecule has 3 aliphatic heterocycles. The molecule has 2 aromatic rings. The Labute approximate surface area is 211 Å². The minimum absolute atomic E-state index is 0.153. The fourth-order valence-electron chi connectivity index (χ4n) is 6.42. The van der Waals surface area contributed by atoms with Crippen molar-refractivity contribution in [2.45, 2.75) is 43.1 Å². The Bertz CT molecular complexity index is 1240. The van der Waals surface area contributed by atoms with Crippen molar-refractivity contribution in [3.8, 4) is 0 Å². The first-order valence-electron chi connectivity index (χ1n) is 13.3. The molecule has 1 atom stereocenters. The molecule has 3 heterocycles. The third-order valence-corrected chi connectivity index (χ3v) is 8.91. The van der Waals surface area contributed by atoms with Crippen LogP contribution >= 0.6 is 0 Å². The van der Waals surface area contributed by atoms with Crippen molar-refractivity contribution in [1.82, 2.24) is 9.80 Å². The number of piperazine rings is 1. The first-order valence-corrected chi connectivity index (χ1v) is 13.3. The quantitative estimate of drug-likeness (QED) is 0.623. The van der Waals surface area contributed by atoms with Crippen molar-refractivity contribution in [2.24, 2.45) is 5.92 Å². The lowest BCUT2D eigenvalue weighted by Gasteiger charge is -2.36. The van der Waals surface area contributed by atoms with Gasteiger partial charge in [0.1, 0.15) is 0 Å². The molecular formula is C29H31N3O4. The van der Waals surface area contributed by atoms with Gasteiger partial charge >= 0.3 is 5.97 Å². The van der Waals surface area contributed by atoms with Gasteiger partial charge in [-0.25, -0.2) is 4.79 Å². The molecule has 0 N–H and O–H groups in total. The maximum absolute atomic E-state index is 13.7. The van der Waals surface area contributed by atoms with Gasteiger partial charge in [-0.05, 0) is 49.4 Å². The fourth-order valence-corrected chi connectivity index (χ4v) is 6.42. The zero-order valence-electron chi connectivity index (χ0n) is 20.4. The van der Waals surface area contributed by atoms with Gasteiger partial charge in [0.2, 0.25) is 11.8 Å². The molecule has 2 amide bonds. The summed E-state index contributed by atoms with van der Waals surface area (Å²) in [4.78, 5) is 44.8. The molecule has 1 unspecified atom stereocenters. The second-order valence-electron chi connectivity index (χ2n) is 11.1. The lowest BCUT2D eigenvalue weighted by Crippen LogP contribution is -2.49. The fraction of sp³-hybridized carbons (Fsp3) is 0.483. The van der Waals surface area contributed by atoms with Crippen LogP contribution in [-0.2, 0) is 25.3 Å². The topological polar surface area (TPSA) is 70.2 Å². The van der Waals surface area contributed by atoms with Crippen molar-refractivity contribution in [1.29, 1.82) is 0 Å². The molecule has 0 aromatic heterocycles. The second kappa shape index (κ2) is 7.82. The summed E-state index contributed by atoms with van der Waals surface area (Å²) in [5.41, 5.74) is 2.60. The standard InChI is InChI=1S/C29H31N3O4/c33-25(20-5-6-20)31-17-15-30(16-18-31)22-9-7-21(8-10-22)28(11-12-28)27(35)32-14-13-29(19-32)24-4-2-1-3-23(24)26(34)36-29/h1-4,7-10,20H,5-6,11-19H2. The van der Waals surface area contributed by atoms with Gasteiger partial charge in [0.05, 0.1) is 17.5 Å². The normalized spacial score (nSPS) is 26.2. The SMILES string of the molecule is O=C1OC2(CCN(C(=O)C3(c4ccc(N5CCN(C(=O)C6CC6)CC5)cc4)CC3)C2)c2ccccc21. The molecule has 0 bridgehead atoms. The van der Waals surface area contributed by atoms with Gasteiger partial charge in [-0.2, -0.15) is 0 Å². The number of carbonyl (C=O) groups excluding carboxylic acids is 3. The number of amides is 2. The van der Waals surface area contributed by atoms with Crippen LogP contribution in [0, 0.1) is 5.92 Å². The molecule has 1 spiro atoms. The van der Waals surface area contributed by atoms with Gasteiger partial charge in [-0.1, -0.05) is 30.3 Å². The van der Waals surface area contributed by atoms with Crippen LogP contribution in [0.1, 0.15) is 53.6 Å². The number of anilines is 1. The minimum atomic E-state index is -0.702. The van der Waals surface area contributed by atoms with E-state index in [0.717, 1.165) is 68.7 Å². The van der Waals surface area contributed by atoms with Crippen molar-refractivity contribution < 1.29 is 19.1 Å². The monoisotopic (exact) mass is 485 g/mol. The average Bonchev–Trinajstić information content (AvgIpc) is 3.85. The van der Waals surface area contributed by atoms with E-state index in [1.54, 1.807) is 0 Å². The van der Waals surface area contributed by atoms with Crippen LogP contribution in [0.3, 0.4) is 0 Å². The third kappa shape index (κ3) is 3.35. The average molecular weight is 486 g/mol. The van der Waals surface area contributed by atoms with Gasteiger partial charge in [-0.15, -0.1) is 0 Å². The Morgan fingerprint density at radius 2 is 1.56 bits per heavy atom. The highest BCUT2D eigenvalue weighted by atomic mass is 16.6. The number of carbonyl (C=O) groups is 3. The summed E-state index contributed by atoms with van der Waals surface area (Å²) in [6.45, 7) is 4.28. The molecule has 5 aliphatic rings. The Morgan fingerprint density at radius 1 is 0.833 bits per heavy atom. The van der Waals surface area contributed by atoms with E-state index in [1.165, 1.54) is 0 Å².